The van der Waals surface area contributed by atoms with Gasteiger partial charge in [-0.25, -0.2) is 4.79 Å². The van der Waals surface area contributed by atoms with E-state index in [-0.39, 0.29) is 0 Å². The lowest BCUT2D eigenvalue weighted by molar-refractivity contribution is -0.127. The van der Waals surface area contributed by atoms with Gasteiger partial charge in [-0.3, -0.25) is 20.5 Å². The van der Waals surface area contributed by atoms with Crippen molar-refractivity contribution in [3.8, 4) is 11.1 Å². The van der Waals surface area contributed by atoms with E-state index < -0.39 is 23.6 Å². The zero-order chi connectivity index (χ0) is 23.3. The maximum absolute atomic E-state index is 13.2. The highest BCUT2D eigenvalue weighted by atomic mass is 16.4. The molecule has 166 valence electrons. The Labute approximate surface area is 188 Å². The minimum absolute atomic E-state index is 0.458. The lowest BCUT2D eigenvalue weighted by atomic mass is 9.98. The lowest BCUT2D eigenvalue weighted by Crippen LogP contribution is -2.52. The molecule has 0 aliphatic heterocycles. The standard InChI is InChI=1S/C26H29N3O3/c1-18-17-21(19-11-7-5-8-12-19)15-16-22(18)27-28-24(30)23(20-13-9-6-10-14-20)29(25(31)32)26(2,3)4/h5-17,23,27H,1-4H3,(H,28,30)(H,31,32). The summed E-state index contributed by atoms with van der Waals surface area (Å²) in [6.07, 6.45) is -1.16. The molecule has 1 atom stereocenters. The quantitative estimate of drug-likeness (QED) is 0.442. The zero-order valence-corrected chi connectivity index (χ0v) is 18.8. The third kappa shape index (κ3) is 5.27. The average Bonchev–Trinajstić information content (AvgIpc) is 2.76. The Kier molecular flexibility index (Phi) is 6.83. The molecule has 3 N–H and O–H groups in total. The van der Waals surface area contributed by atoms with E-state index in [1.54, 1.807) is 45.0 Å². The Balaban J connectivity index is 1.83. The normalized spacial score (nSPS) is 12.0. The van der Waals surface area contributed by atoms with Crippen molar-refractivity contribution in [2.45, 2.75) is 39.3 Å². The molecule has 32 heavy (non-hydrogen) atoms. The number of hydrazine groups is 1. The predicted octanol–water partition coefficient (Wildman–Crippen LogP) is 5.62. The van der Waals surface area contributed by atoms with Crippen LogP contribution >= 0.6 is 0 Å². The number of hydrogen-bond donors (Lipinski definition) is 3. The number of carbonyl (C=O) groups excluding carboxylic acids is 1. The van der Waals surface area contributed by atoms with Crippen LogP contribution < -0.4 is 10.9 Å². The summed E-state index contributed by atoms with van der Waals surface area (Å²) in [6, 6.07) is 23.9. The van der Waals surface area contributed by atoms with E-state index in [0.717, 1.165) is 22.4 Å². The van der Waals surface area contributed by atoms with E-state index in [9.17, 15) is 14.7 Å². The summed E-state index contributed by atoms with van der Waals surface area (Å²) in [7, 11) is 0. The summed E-state index contributed by atoms with van der Waals surface area (Å²) >= 11 is 0. The first-order valence-electron chi connectivity index (χ1n) is 10.5. The summed E-state index contributed by atoms with van der Waals surface area (Å²) in [5.74, 6) is -0.458. The number of amides is 2. The van der Waals surface area contributed by atoms with Gasteiger partial charge in [0.05, 0.1) is 5.69 Å². The van der Waals surface area contributed by atoms with E-state index in [4.69, 9.17) is 0 Å². The second-order valence-corrected chi connectivity index (χ2v) is 8.65. The lowest BCUT2D eigenvalue weighted by Gasteiger charge is -2.39. The van der Waals surface area contributed by atoms with Crippen LogP contribution in [-0.2, 0) is 4.79 Å². The van der Waals surface area contributed by atoms with Crippen molar-refractivity contribution in [2.24, 2.45) is 0 Å². The van der Waals surface area contributed by atoms with E-state index >= 15 is 0 Å². The van der Waals surface area contributed by atoms with Crippen LogP contribution in [0.2, 0.25) is 0 Å². The number of nitrogens with one attached hydrogen (secondary N) is 2. The van der Waals surface area contributed by atoms with Crippen LogP contribution in [0.25, 0.3) is 11.1 Å². The molecule has 1 unspecified atom stereocenters. The Morgan fingerprint density at radius 2 is 1.47 bits per heavy atom. The molecule has 3 aromatic rings. The minimum Gasteiger partial charge on any atom is -0.465 e. The smallest absolute Gasteiger partial charge is 0.408 e. The maximum Gasteiger partial charge on any atom is 0.408 e. The molecule has 2 amide bonds. The molecule has 3 aromatic carbocycles. The first kappa shape index (κ1) is 22.9. The van der Waals surface area contributed by atoms with Gasteiger partial charge in [-0.2, -0.15) is 0 Å². The van der Waals surface area contributed by atoms with Gasteiger partial charge < -0.3 is 5.11 Å². The van der Waals surface area contributed by atoms with E-state index in [0.29, 0.717) is 5.56 Å². The van der Waals surface area contributed by atoms with Crippen molar-refractivity contribution in [2.75, 3.05) is 5.43 Å². The van der Waals surface area contributed by atoms with Crippen LogP contribution in [-0.4, -0.2) is 27.5 Å². The fourth-order valence-electron chi connectivity index (χ4n) is 3.65. The number of carboxylic acid groups (broad SMARTS) is 1. The van der Waals surface area contributed by atoms with E-state index in [1.807, 2.05) is 61.5 Å². The zero-order valence-electron chi connectivity index (χ0n) is 18.8. The predicted molar refractivity (Wildman–Crippen MR) is 127 cm³/mol. The van der Waals surface area contributed by atoms with Crippen molar-refractivity contribution in [1.29, 1.82) is 0 Å². The number of anilines is 1. The van der Waals surface area contributed by atoms with Crippen molar-refractivity contribution >= 4 is 17.7 Å². The monoisotopic (exact) mass is 431 g/mol. The van der Waals surface area contributed by atoms with Crippen LogP contribution in [0.4, 0.5) is 10.5 Å². The molecule has 0 bridgehead atoms. The second-order valence-electron chi connectivity index (χ2n) is 8.65. The first-order valence-corrected chi connectivity index (χ1v) is 10.5. The maximum atomic E-state index is 13.2. The highest BCUT2D eigenvalue weighted by molar-refractivity contribution is 5.88. The molecule has 0 saturated carbocycles. The molecule has 0 fully saturated rings. The van der Waals surface area contributed by atoms with E-state index in [1.165, 1.54) is 4.90 Å². The Bertz CT molecular complexity index is 1080. The molecule has 0 spiro atoms. The number of nitrogens with zero attached hydrogens (tertiary/aromatic N) is 1. The van der Waals surface area contributed by atoms with Gasteiger partial charge in [-0.1, -0.05) is 66.7 Å². The van der Waals surface area contributed by atoms with Crippen molar-refractivity contribution in [1.82, 2.24) is 10.3 Å². The Morgan fingerprint density at radius 1 is 0.875 bits per heavy atom. The van der Waals surface area contributed by atoms with Gasteiger partial charge in [0, 0.05) is 5.54 Å². The molecule has 0 aromatic heterocycles. The third-order valence-corrected chi connectivity index (χ3v) is 5.20. The number of benzene rings is 3. The summed E-state index contributed by atoms with van der Waals surface area (Å²) in [4.78, 5) is 26.5. The van der Waals surface area contributed by atoms with Gasteiger partial charge in [0.15, 0.2) is 0 Å². The number of rotatable bonds is 6. The van der Waals surface area contributed by atoms with Gasteiger partial charge in [-0.05, 0) is 62.1 Å². The highest BCUT2D eigenvalue weighted by Gasteiger charge is 2.38. The van der Waals surface area contributed by atoms with E-state index in [2.05, 4.69) is 10.9 Å². The summed E-state index contributed by atoms with van der Waals surface area (Å²) in [5, 5.41) is 9.88. The third-order valence-electron chi connectivity index (χ3n) is 5.20. The number of aryl methyl sites for hydroxylation is 1. The second kappa shape index (κ2) is 9.56. The molecular formula is C26H29N3O3. The Hall–Kier alpha value is -3.80. The summed E-state index contributed by atoms with van der Waals surface area (Å²) in [6.45, 7) is 7.26. The van der Waals surface area contributed by atoms with Crippen LogP contribution in [0.3, 0.4) is 0 Å². The van der Waals surface area contributed by atoms with Gasteiger partial charge in [0.25, 0.3) is 5.91 Å². The molecular weight excluding hydrogens is 402 g/mol. The van der Waals surface area contributed by atoms with Gasteiger partial charge in [-0.15, -0.1) is 0 Å². The first-order chi connectivity index (χ1) is 15.2. The van der Waals surface area contributed by atoms with Crippen LogP contribution in [0.15, 0.2) is 78.9 Å². The molecule has 6 nitrogen and oxygen atoms in total. The molecule has 3 rings (SSSR count). The molecule has 0 radical (unpaired) electrons. The van der Waals surface area contributed by atoms with Crippen LogP contribution in [0.1, 0.15) is 37.9 Å². The summed E-state index contributed by atoms with van der Waals surface area (Å²) < 4.78 is 0. The molecule has 0 aliphatic carbocycles. The molecule has 6 heteroatoms. The fourth-order valence-corrected chi connectivity index (χ4v) is 3.65. The van der Waals surface area contributed by atoms with Crippen molar-refractivity contribution < 1.29 is 14.7 Å². The molecule has 0 heterocycles. The fraction of sp³-hybridized carbons (Fsp3) is 0.231. The number of hydrogen-bond acceptors (Lipinski definition) is 3. The average molecular weight is 432 g/mol. The Morgan fingerprint density at radius 3 is 2.00 bits per heavy atom. The van der Waals surface area contributed by atoms with Crippen molar-refractivity contribution in [3.63, 3.8) is 0 Å². The number of carbonyl (C=O) groups is 2. The minimum atomic E-state index is -1.16. The van der Waals surface area contributed by atoms with Crippen LogP contribution in [0, 0.1) is 6.92 Å². The molecule has 0 aliphatic rings. The molecule has 0 saturated heterocycles. The van der Waals surface area contributed by atoms with Gasteiger partial charge in [0.1, 0.15) is 6.04 Å². The van der Waals surface area contributed by atoms with Gasteiger partial charge in [0.2, 0.25) is 0 Å². The largest absolute Gasteiger partial charge is 0.465 e. The van der Waals surface area contributed by atoms with Gasteiger partial charge >= 0.3 is 6.09 Å². The summed E-state index contributed by atoms with van der Waals surface area (Å²) in [5.41, 5.74) is 9.37. The SMILES string of the molecule is Cc1cc(-c2ccccc2)ccc1NNC(=O)C(c1ccccc1)N(C(=O)O)C(C)(C)C. The topological polar surface area (TPSA) is 81.7 Å². The highest BCUT2D eigenvalue weighted by Crippen LogP contribution is 2.29. The van der Waals surface area contributed by atoms with Crippen LogP contribution in [0.5, 0.6) is 0 Å². The van der Waals surface area contributed by atoms with Crippen molar-refractivity contribution in [3.05, 3.63) is 90.0 Å².